The van der Waals surface area contributed by atoms with Gasteiger partial charge in [0, 0.05) is 19.6 Å². The first-order valence-electron chi connectivity index (χ1n) is 7.93. The molecule has 0 fully saturated rings. The highest BCUT2D eigenvalue weighted by Crippen LogP contribution is 2.32. The van der Waals surface area contributed by atoms with Crippen molar-refractivity contribution in [2.75, 3.05) is 31.6 Å². The Kier molecular flexibility index (Phi) is 3.89. The summed E-state index contributed by atoms with van der Waals surface area (Å²) in [4.78, 5) is 14.0. The van der Waals surface area contributed by atoms with E-state index in [1.165, 1.54) is 11.1 Å². The van der Waals surface area contributed by atoms with Crippen LogP contribution in [0.4, 0.5) is 10.5 Å². The smallest absolute Gasteiger partial charge is 0.410 e. The zero-order valence-corrected chi connectivity index (χ0v) is 13.6. The van der Waals surface area contributed by atoms with Crippen molar-refractivity contribution in [3.05, 3.63) is 23.3 Å². The Morgan fingerprint density at radius 3 is 2.59 bits per heavy atom. The van der Waals surface area contributed by atoms with Crippen LogP contribution in [0.3, 0.4) is 0 Å². The van der Waals surface area contributed by atoms with Crippen molar-refractivity contribution in [2.24, 2.45) is 0 Å². The summed E-state index contributed by atoms with van der Waals surface area (Å²) < 4.78 is 11.2. The second-order valence-corrected chi connectivity index (χ2v) is 6.86. The highest BCUT2D eigenvalue weighted by atomic mass is 16.6. The van der Waals surface area contributed by atoms with Crippen LogP contribution in [0, 0.1) is 0 Å². The molecule has 5 nitrogen and oxygen atoms in total. The zero-order valence-electron chi connectivity index (χ0n) is 13.6. The van der Waals surface area contributed by atoms with Gasteiger partial charge in [0.05, 0.1) is 5.69 Å². The van der Waals surface area contributed by atoms with E-state index in [0.717, 1.165) is 30.8 Å². The summed E-state index contributed by atoms with van der Waals surface area (Å²) >= 11 is 0. The van der Waals surface area contributed by atoms with E-state index in [0.29, 0.717) is 19.7 Å². The fraction of sp³-hybridized carbons (Fsp3) is 0.588. The van der Waals surface area contributed by atoms with Crippen LogP contribution in [-0.2, 0) is 17.6 Å². The van der Waals surface area contributed by atoms with Crippen LogP contribution in [0.2, 0.25) is 0 Å². The van der Waals surface area contributed by atoms with Gasteiger partial charge >= 0.3 is 6.09 Å². The van der Waals surface area contributed by atoms with Gasteiger partial charge in [-0.2, -0.15) is 0 Å². The highest BCUT2D eigenvalue weighted by molar-refractivity contribution is 5.68. The molecule has 0 unspecified atom stereocenters. The third-order valence-corrected chi connectivity index (χ3v) is 3.93. The molecule has 1 N–H and O–H groups in total. The number of rotatable bonds is 0. The maximum atomic E-state index is 12.2. The SMILES string of the molecule is CC(C)(C)OC(=O)N1CCc2cc3c(cc2CC1)OCCN3. The molecule has 1 aromatic carbocycles. The Balaban J connectivity index is 1.74. The molecule has 0 radical (unpaired) electrons. The maximum absolute atomic E-state index is 12.2. The van der Waals surface area contributed by atoms with Gasteiger partial charge in [-0.25, -0.2) is 4.79 Å². The average Bonchev–Trinajstić information content (AvgIpc) is 2.65. The number of benzene rings is 1. The average molecular weight is 304 g/mol. The van der Waals surface area contributed by atoms with E-state index in [9.17, 15) is 4.79 Å². The minimum absolute atomic E-state index is 0.223. The van der Waals surface area contributed by atoms with E-state index in [-0.39, 0.29) is 6.09 Å². The minimum atomic E-state index is -0.451. The molecule has 0 saturated carbocycles. The standard InChI is InChI=1S/C17H24N2O3/c1-17(2,3)22-16(20)19-7-4-12-10-14-15(21-9-6-18-14)11-13(12)5-8-19/h10-11,18H,4-9H2,1-3H3. The van der Waals surface area contributed by atoms with Crippen LogP contribution >= 0.6 is 0 Å². The lowest BCUT2D eigenvalue weighted by atomic mass is 10.0. The van der Waals surface area contributed by atoms with Crippen LogP contribution in [-0.4, -0.2) is 42.8 Å². The second kappa shape index (κ2) is 5.71. The second-order valence-electron chi connectivity index (χ2n) is 6.86. The van der Waals surface area contributed by atoms with Gasteiger partial charge in [-0.1, -0.05) is 0 Å². The molecule has 0 aliphatic carbocycles. The number of ether oxygens (including phenoxy) is 2. The topological polar surface area (TPSA) is 50.8 Å². The van der Waals surface area contributed by atoms with Crippen molar-refractivity contribution in [1.82, 2.24) is 4.90 Å². The Morgan fingerprint density at radius 2 is 1.91 bits per heavy atom. The lowest BCUT2D eigenvalue weighted by Gasteiger charge is -2.26. The molecule has 2 aliphatic heterocycles. The molecule has 1 amide bonds. The fourth-order valence-corrected chi connectivity index (χ4v) is 2.87. The summed E-state index contributed by atoms with van der Waals surface area (Å²) in [5.41, 5.74) is 3.18. The Bertz CT molecular complexity index is 541. The number of carbonyl (C=O) groups excluding carboxylic acids is 1. The van der Waals surface area contributed by atoms with Crippen molar-refractivity contribution in [2.45, 2.75) is 39.2 Å². The minimum Gasteiger partial charge on any atom is -0.490 e. The number of nitrogens with one attached hydrogen (secondary N) is 1. The summed E-state index contributed by atoms with van der Waals surface area (Å²) in [7, 11) is 0. The number of hydrogen-bond acceptors (Lipinski definition) is 4. The molecule has 5 heteroatoms. The van der Waals surface area contributed by atoms with E-state index < -0.39 is 5.60 Å². The number of anilines is 1. The molecule has 0 saturated heterocycles. The number of amides is 1. The predicted octanol–water partition coefficient (Wildman–Crippen LogP) is 2.83. The van der Waals surface area contributed by atoms with Crippen LogP contribution in [0.15, 0.2) is 12.1 Å². The number of nitrogens with zero attached hydrogens (tertiary/aromatic N) is 1. The van der Waals surface area contributed by atoms with Crippen molar-refractivity contribution in [1.29, 1.82) is 0 Å². The van der Waals surface area contributed by atoms with Crippen molar-refractivity contribution < 1.29 is 14.3 Å². The molecule has 22 heavy (non-hydrogen) atoms. The first-order valence-corrected chi connectivity index (χ1v) is 7.93. The lowest BCUT2D eigenvalue weighted by Crippen LogP contribution is -2.38. The van der Waals surface area contributed by atoms with Gasteiger partial charge in [-0.3, -0.25) is 0 Å². The van der Waals surface area contributed by atoms with Crippen LogP contribution in [0.25, 0.3) is 0 Å². The van der Waals surface area contributed by atoms with Crippen molar-refractivity contribution in [3.8, 4) is 5.75 Å². The summed E-state index contributed by atoms with van der Waals surface area (Å²) in [5.74, 6) is 0.927. The summed E-state index contributed by atoms with van der Waals surface area (Å²) in [6.45, 7) is 8.62. The van der Waals surface area contributed by atoms with E-state index in [2.05, 4.69) is 17.4 Å². The molecule has 1 aromatic rings. The van der Waals surface area contributed by atoms with Crippen molar-refractivity contribution in [3.63, 3.8) is 0 Å². The van der Waals surface area contributed by atoms with E-state index in [4.69, 9.17) is 9.47 Å². The first kappa shape index (κ1) is 15.0. The predicted molar refractivity (Wildman–Crippen MR) is 85.6 cm³/mol. The quantitative estimate of drug-likeness (QED) is 0.801. The van der Waals surface area contributed by atoms with Crippen LogP contribution < -0.4 is 10.1 Å². The van der Waals surface area contributed by atoms with Gasteiger partial charge in [0.1, 0.15) is 18.0 Å². The van der Waals surface area contributed by atoms with Crippen LogP contribution in [0.1, 0.15) is 31.9 Å². The Hall–Kier alpha value is -1.91. The highest BCUT2D eigenvalue weighted by Gasteiger charge is 2.25. The molecule has 0 atom stereocenters. The van der Waals surface area contributed by atoms with Gasteiger partial charge < -0.3 is 19.7 Å². The molecule has 2 aliphatic rings. The van der Waals surface area contributed by atoms with Gasteiger partial charge in [0.25, 0.3) is 0 Å². The molecule has 0 bridgehead atoms. The normalized spacial score (nSPS) is 17.5. The third-order valence-electron chi connectivity index (χ3n) is 3.93. The van der Waals surface area contributed by atoms with Gasteiger partial charge in [0.15, 0.2) is 0 Å². The lowest BCUT2D eigenvalue weighted by molar-refractivity contribution is 0.0258. The van der Waals surface area contributed by atoms with Crippen LogP contribution in [0.5, 0.6) is 5.75 Å². The summed E-state index contributed by atoms with van der Waals surface area (Å²) in [5, 5.41) is 3.37. The summed E-state index contributed by atoms with van der Waals surface area (Å²) in [6, 6.07) is 4.29. The molecule has 0 aromatic heterocycles. The van der Waals surface area contributed by atoms with Gasteiger partial charge in [-0.05, 0) is 56.9 Å². The number of hydrogen-bond donors (Lipinski definition) is 1. The van der Waals surface area contributed by atoms with E-state index in [1.807, 2.05) is 20.8 Å². The maximum Gasteiger partial charge on any atom is 0.410 e. The molecular formula is C17H24N2O3. The molecule has 2 heterocycles. The number of fused-ring (bicyclic) bond motifs is 2. The Labute approximate surface area is 131 Å². The fourth-order valence-electron chi connectivity index (χ4n) is 2.87. The Morgan fingerprint density at radius 1 is 1.23 bits per heavy atom. The molecular weight excluding hydrogens is 280 g/mol. The van der Waals surface area contributed by atoms with E-state index in [1.54, 1.807) is 4.90 Å². The number of carbonyl (C=O) groups is 1. The van der Waals surface area contributed by atoms with E-state index >= 15 is 0 Å². The largest absolute Gasteiger partial charge is 0.490 e. The first-order chi connectivity index (χ1) is 10.4. The van der Waals surface area contributed by atoms with Gasteiger partial charge in [0.2, 0.25) is 0 Å². The molecule has 0 spiro atoms. The monoisotopic (exact) mass is 304 g/mol. The van der Waals surface area contributed by atoms with Gasteiger partial charge in [-0.15, -0.1) is 0 Å². The van der Waals surface area contributed by atoms with Crippen molar-refractivity contribution >= 4 is 11.8 Å². The third kappa shape index (κ3) is 3.29. The zero-order chi connectivity index (χ0) is 15.7. The molecule has 3 rings (SSSR count). The molecule has 120 valence electrons. The summed E-state index contributed by atoms with van der Waals surface area (Å²) in [6.07, 6.45) is 1.47.